The summed E-state index contributed by atoms with van der Waals surface area (Å²) in [6.07, 6.45) is 1.12. The number of benzene rings is 1. The van der Waals surface area contributed by atoms with Gasteiger partial charge in [-0.15, -0.1) is 0 Å². The Bertz CT molecular complexity index is 432. The molecule has 0 aliphatic carbocycles. The zero-order valence-corrected chi connectivity index (χ0v) is 10.9. The van der Waals surface area contributed by atoms with Crippen molar-refractivity contribution in [3.8, 4) is 0 Å². The van der Waals surface area contributed by atoms with Crippen LogP contribution in [0.1, 0.15) is 31.9 Å². The van der Waals surface area contributed by atoms with Crippen LogP contribution in [-0.2, 0) is 0 Å². The van der Waals surface area contributed by atoms with Crippen molar-refractivity contribution < 1.29 is 8.78 Å². The second-order valence-corrected chi connectivity index (χ2v) is 5.92. The van der Waals surface area contributed by atoms with Crippen molar-refractivity contribution in [3.05, 3.63) is 35.4 Å². The van der Waals surface area contributed by atoms with Crippen LogP contribution in [0.5, 0.6) is 0 Å². The number of likely N-dealkylation sites (tertiary alicyclic amines) is 1. The van der Waals surface area contributed by atoms with Crippen LogP contribution < -0.4 is 5.73 Å². The van der Waals surface area contributed by atoms with Crippen molar-refractivity contribution >= 4 is 0 Å². The summed E-state index contributed by atoms with van der Waals surface area (Å²) in [4.78, 5) is 2.22. The minimum atomic E-state index is -0.477. The maximum Gasteiger partial charge on any atom is 0.128 e. The van der Waals surface area contributed by atoms with Crippen LogP contribution >= 0.6 is 0 Å². The Morgan fingerprint density at radius 2 is 2.11 bits per heavy atom. The zero-order chi connectivity index (χ0) is 13.3. The first-order chi connectivity index (χ1) is 8.37. The molecule has 2 nitrogen and oxygen atoms in total. The van der Waals surface area contributed by atoms with Gasteiger partial charge in [0.1, 0.15) is 11.6 Å². The molecule has 1 fully saturated rings. The Morgan fingerprint density at radius 1 is 1.39 bits per heavy atom. The summed E-state index contributed by atoms with van der Waals surface area (Å²) in [5, 5.41) is 0. The average Bonchev–Trinajstić information content (AvgIpc) is 2.61. The summed E-state index contributed by atoms with van der Waals surface area (Å²) in [7, 11) is 0. The molecule has 1 atom stereocenters. The molecule has 0 saturated carbocycles. The first kappa shape index (κ1) is 13.4. The first-order valence-electron chi connectivity index (χ1n) is 6.30. The predicted octanol–water partition coefficient (Wildman–Crippen LogP) is 2.70. The molecule has 0 spiro atoms. The SMILES string of the molecule is CC1(C)CCN(CC(N)c2cc(F)ccc2F)C1. The Labute approximate surface area is 107 Å². The minimum absolute atomic E-state index is 0.264. The number of halogens is 2. The molecule has 1 saturated heterocycles. The van der Waals surface area contributed by atoms with Crippen LogP contribution in [0.4, 0.5) is 8.78 Å². The standard InChI is InChI=1S/C14H20F2N2/c1-14(2)5-6-18(9-14)8-13(17)11-7-10(15)3-4-12(11)16/h3-4,7,13H,5-6,8-9,17H2,1-2H3. The molecule has 0 amide bonds. The molecule has 18 heavy (non-hydrogen) atoms. The Hall–Kier alpha value is -1.00. The van der Waals surface area contributed by atoms with E-state index in [0.29, 0.717) is 12.0 Å². The molecule has 1 aliphatic rings. The van der Waals surface area contributed by atoms with Crippen LogP contribution in [0, 0.1) is 17.0 Å². The monoisotopic (exact) mass is 254 g/mol. The third kappa shape index (κ3) is 3.06. The van der Waals surface area contributed by atoms with Gasteiger partial charge in [0.05, 0.1) is 0 Å². The summed E-state index contributed by atoms with van der Waals surface area (Å²) >= 11 is 0. The van der Waals surface area contributed by atoms with Crippen LogP contribution in [0.3, 0.4) is 0 Å². The fourth-order valence-electron chi connectivity index (χ4n) is 2.56. The van der Waals surface area contributed by atoms with Crippen molar-refractivity contribution in [1.29, 1.82) is 0 Å². The highest BCUT2D eigenvalue weighted by molar-refractivity contribution is 5.22. The highest BCUT2D eigenvalue weighted by atomic mass is 19.1. The Morgan fingerprint density at radius 3 is 2.72 bits per heavy atom. The molecule has 1 unspecified atom stereocenters. The molecular weight excluding hydrogens is 234 g/mol. The lowest BCUT2D eigenvalue weighted by atomic mass is 9.93. The maximum absolute atomic E-state index is 13.6. The maximum atomic E-state index is 13.6. The summed E-state index contributed by atoms with van der Waals surface area (Å²) in [5.41, 5.74) is 6.54. The van der Waals surface area contributed by atoms with E-state index in [2.05, 4.69) is 18.7 Å². The molecule has 2 N–H and O–H groups in total. The number of rotatable bonds is 3. The second kappa shape index (κ2) is 4.94. The van der Waals surface area contributed by atoms with E-state index in [9.17, 15) is 8.78 Å². The smallest absolute Gasteiger partial charge is 0.128 e. The Balaban J connectivity index is 2.04. The predicted molar refractivity (Wildman–Crippen MR) is 68.1 cm³/mol. The van der Waals surface area contributed by atoms with Gasteiger partial charge in [0.15, 0.2) is 0 Å². The van der Waals surface area contributed by atoms with Gasteiger partial charge < -0.3 is 10.6 Å². The minimum Gasteiger partial charge on any atom is -0.323 e. The van der Waals surface area contributed by atoms with Crippen molar-refractivity contribution in [2.24, 2.45) is 11.1 Å². The number of nitrogens with two attached hydrogens (primary N) is 1. The molecule has 4 heteroatoms. The highest BCUT2D eigenvalue weighted by Gasteiger charge is 2.30. The molecule has 0 bridgehead atoms. The largest absolute Gasteiger partial charge is 0.323 e. The summed E-state index contributed by atoms with van der Waals surface area (Å²) in [5.74, 6) is -0.869. The molecule has 0 aromatic heterocycles. The van der Waals surface area contributed by atoms with Crippen molar-refractivity contribution in [2.45, 2.75) is 26.3 Å². The van der Waals surface area contributed by atoms with E-state index in [1.165, 1.54) is 6.07 Å². The molecule has 100 valence electrons. The quantitative estimate of drug-likeness (QED) is 0.898. The average molecular weight is 254 g/mol. The van der Waals surface area contributed by atoms with Gasteiger partial charge in [0.2, 0.25) is 0 Å². The second-order valence-electron chi connectivity index (χ2n) is 5.92. The summed E-state index contributed by atoms with van der Waals surface area (Å²) < 4.78 is 26.7. The van der Waals surface area contributed by atoms with Crippen LogP contribution in [-0.4, -0.2) is 24.5 Å². The third-order valence-electron chi connectivity index (χ3n) is 3.57. The zero-order valence-electron chi connectivity index (χ0n) is 10.9. The fourth-order valence-corrected chi connectivity index (χ4v) is 2.56. The molecule has 1 aromatic carbocycles. The van der Waals surface area contributed by atoms with Gasteiger partial charge in [0, 0.05) is 24.7 Å². The van der Waals surface area contributed by atoms with Gasteiger partial charge in [-0.25, -0.2) is 8.78 Å². The number of hydrogen-bond donors (Lipinski definition) is 1. The van der Waals surface area contributed by atoms with Gasteiger partial charge in [-0.2, -0.15) is 0 Å². The van der Waals surface area contributed by atoms with Crippen LogP contribution in [0.25, 0.3) is 0 Å². The lowest BCUT2D eigenvalue weighted by Gasteiger charge is -2.23. The van der Waals surface area contributed by atoms with Gasteiger partial charge in [0.25, 0.3) is 0 Å². The van der Waals surface area contributed by atoms with E-state index in [1.54, 1.807) is 0 Å². The van der Waals surface area contributed by atoms with Crippen LogP contribution in [0.15, 0.2) is 18.2 Å². The van der Waals surface area contributed by atoms with Gasteiger partial charge in [-0.3, -0.25) is 0 Å². The van der Waals surface area contributed by atoms with E-state index in [1.807, 2.05) is 0 Å². The van der Waals surface area contributed by atoms with Crippen molar-refractivity contribution in [2.75, 3.05) is 19.6 Å². The fraction of sp³-hybridized carbons (Fsp3) is 0.571. The van der Waals surface area contributed by atoms with Crippen LogP contribution in [0.2, 0.25) is 0 Å². The highest BCUT2D eigenvalue weighted by Crippen LogP contribution is 2.30. The van der Waals surface area contributed by atoms with Crippen molar-refractivity contribution in [1.82, 2.24) is 4.90 Å². The lowest BCUT2D eigenvalue weighted by Crippen LogP contribution is -2.32. The van der Waals surface area contributed by atoms with E-state index >= 15 is 0 Å². The molecular formula is C14H20F2N2. The van der Waals surface area contributed by atoms with Gasteiger partial charge in [-0.1, -0.05) is 13.8 Å². The van der Waals surface area contributed by atoms with E-state index in [4.69, 9.17) is 5.73 Å². The third-order valence-corrected chi connectivity index (χ3v) is 3.57. The summed E-state index contributed by atoms with van der Waals surface area (Å²) in [6, 6.07) is 2.97. The lowest BCUT2D eigenvalue weighted by molar-refractivity contribution is 0.274. The molecule has 0 radical (unpaired) electrons. The topological polar surface area (TPSA) is 29.3 Å². The normalized spacial score (nSPS) is 21.2. The van der Waals surface area contributed by atoms with E-state index in [-0.39, 0.29) is 5.56 Å². The number of nitrogens with zero attached hydrogens (tertiary/aromatic N) is 1. The van der Waals surface area contributed by atoms with E-state index in [0.717, 1.165) is 31.6 Å². The van der Waals surface area contributed by atoms with Crippen molar-refractivity contribution in [3.63, 3.8) is 0 Å². The molecule has 2 rings (SSSR count). The van der Waals surface area contributed by atoms with Gasteiger partial charge >= 0.3 is 0 Å². The van der Waals surface area contributed by atoms with Gasteiger partial charge in [-0.05, 0) is 36.6 Å². The Kier molecular flexibility index (Phi) is 3.69. The molecule has 1 aromatic rings. The first-order valence-corrected chi connectivity index (χ1v) is 6.30. The summed E-state index contributed by atoms with van der Waals surface area (Å²) in [6.45, 7) is 6.92. The van der Waals surface area contributed by atoms with E-state index < -0.39 is 17.7 Å². The number of hydrogen-bond acceptors (Lipinski definition) is 2. The molecule has 1 heterocycles. The molecule has 1 aliphatic heterocycles.